The second-order valence-corrected chi connectivity index (χ2v) is 6.45. The Morgan fingerprint density at radius 3 is 2.82 bits per heavy atom. The number of nitrogens with zero attached hydrogens (tertiary/aromatic N) is 2. The van der Waals surface area contributed by atoms with E-state index < -0.39 is 4.92 Å². The van der Waals surface area contributed by atoms with Crippen LogP contribution in [0.1, 0.15) is 35.2 Å². The summed E-state index contributed by atoms with van der Waals surface area (Å²) in [6.07, 6.45) is 3.21. The Morgan fingerprint density at radius 2 is 2.14 bits per heavy atom. The summed E-state index contributed by atoms with van der Waals surface area (Å²) >= 11 is 0. The van der Waals surface area contributed by atoms with Crippen LogP contribution < -0.4 is 5.73 Å². The fourth-order valence-electron chi connectivity index (χ4n) is 3.92. The molecule has 1 heterocycles. The number of nitrogens with two attached hydrogens (primary N) is 1. The quantitative estimate of drug-likeness (QED) is 0.669. The molecule has 6 nitrogen and oxygen atoms in total. The smallest absolute Gasteiger partial charge is 0.282 e. The molecule has 1 aliphatic heterocycles. The van der Waals surface area contributed by atoms with Crippen molar-refractivity contribution < 1.29 is 9.72 Å². The summed E-state index contributed by atoms with van der Waals surface area (Å²) in [5, 5.41) is 11.2. The number of fused-ring (bicyclic) bond motifs is 1. The van der Waals surface area contributed by atoms with E-state index in [1.54, 1.807) is 24.0 Å². The van der Waals surface area contributed by atoms with E-state index in [1.807, 2.05) is 0 Å². The molecule has 1 saturated carbocycles. The average Bonchev–Trinajstić information content (AvgIpc) is 2.92. The lowest BCUT2D eigenvalue weighted by atomic mass is 9.78. The Hall–Kier alpha value is -1.95. The van der Waals surface area contributed by atoms with Gasteiger partial charge in [0.2, 0.25) is 0 Å². The summed E-state index contributed by atoms with van der Waals surface area (Å²) < 4.78 is 0. The first kappa shape index (κ1) is 15.0. The largest absolute Gasteiger partial charge is 0.338 e. The molecule has 1 amide bonds. The molecule has 6 heteroatoms. The van der Waals surface area contributed by atoms with Crippen LogP contribution in [0.25, 0.3) is 0 Å². The van der Waals surface area contributed by atoms with Crippen LogP contribution >= 0.6 is 0 Å². The zero-order chi connectivity index (χ0) is 15.9. The van der Waals surface area contributed by atoms with Gasteiger partial charge in [0.1, 0.15) is 5.56 Å². The summed E-state index contributed by atoms with van der Waals surface area (Å²) in [5.74, 6) is 0.544. The normalized spacial score (nSPS) is 27.5. The Balaban J connectivity index is 1.88. The first-order chi connectivity index (χ1) is 10.5. The molecule has 3 unspecified atom stereocenters. The summed E-state index contributed by atoms with van der Waals surface area (Å²) in [5.41, 5.74) is 6.95. The van der Waals surface area contributed by atoms with Crippen molar-refractivity contribution >= 4 is 11.6 Å². The number of rotatable bonds is 2. The Bertz CT molecular complexity index is 617. The molecule has 1 aliphatic carbocycles. The average molecular weight is 303 g/mol. The zero-order valence-corrected chi connectivity index (χ0v) is 12.7. The third-order valence-corrected chi connectivity index (χ3v) is 5.10. The number of amides is 1. The minimum atomic E-state index is -0.477. The molecule has 1 aromatic carbocycles. The second kappa shape index (κ2) is 5.68. The number of carbonyl (C=O) groups excluding carboxylic acids is 1. The molecule has 0 radical (unpaired) electrons. The van der Waals surface area contributed by atoms with Crippen molar-refractivity contribution in [2.75, 3.05) is 13.1 Å². The molecule has 2 aliphatic rings. The molecule has 2 fully saturated rings. The number of hydrogen-bond donors (Lipinski definition) is 1. The highest BCUT2D eigenvalue weighted by Gasteiger charge is 2.41. The summed E-state index contributed by atoms with van der Waals surface area (Å²) in [7, 11) is 0. The molecule has 0 spiro atoms. The molecular weight excluding hydrogens is 282 g/mol. The van der Waals surface area contributed by atoms with Crippen LogP contribution in [-0.4, -0.2) is 34.9 Å². The van der Waals surface area contributed by atoms with Gasteiger partial charge in [-0.3, -0.25) is 14.9 Å². The highest BCUT2D eigenvalue weighted by atomic mass is 16.6. The maximum atomic E-state index is 12.8. The van der Waals surface area contributed by atoms with Crippen LogP contribution in [-0.2, 0) is 0 Å². The van der Waals surface area contributed by atoms with Crippen molar-refractivity contribution in [3.63, 3.8) is 0 Å². The topological polar surface area (TPSA) is 89.5 Å². The summed E-state index contributed by atoms with van der Waals surface area (Å²) in [6, 6.07) is 4.90. The zero-order valence-electron chi connectivity index (χ0n) is 12.7. The number of hydrogen-bond acceptors (Lipinski definition) is 4. The van der Waals surface area contributed by atoms with Gasteiger partial charge in [-0.15, -0.1) is 0 Å². The molecule has 1 saturated heterocycles. The van der Waals surface area contributed by atoms with Crippen LogP contribution in [0.4, 0.5) is 5.69 Å². The molecule has 0 aromatic heterocycles. The van der Waals surface area contributed by atoms with Gasteiger partial charge >= 0.3 is 0 Å². The lowest BCUT2D eigenvalue weighted by molar-refractivity contribution is -0.385. The van der Waals surface area contributed by atoms with Gasteiger partial charge in [0, 0.05) is 25.2 Å². The standard InChI is InChI=1S/C16H21N3O3/c1-10-4-2-7-14(19(21)22)15(10)16(20)18-8-11-5-3-6-13(17)12(11)9-18/h2,4,7,11-13H,3,5-6,8-9,17H2,1H3. The fraction of sp³-hybridized carbons (Fsp3) is 0.562. The first-order valence-corrected chi connectivity index (χ1v) is 7.78. The van der Waals surface area contributed by atoms with E-state index >= 15 is 0 Å². The monoisotopic (exact) mass is 303 g/mol. The van der Waals surface area contributed by atoms with Crippen molar-refractivity contribution in [3.05, 3.63) is 39.4 Å². The van der Waals surface area contributed by atoms with Crippen LogP contribution in [0.3, 0.4) is 0 Å². The number of carbonyl (C=O) groups is 1. The van der Waals surface area contributed by atoms with Gasteiger partial charge in [0.15, 0.2) is 0 Å². The molecule has 3 rings (SSSR count). The lowest BCUT2D eigenvalue weighted by Crippen LogP contribution is -2.38. The van der Waals surface area contributed by atoms with E-state index in [-0.39, 0.29) is 23.2 Å². The van der Waals surface area contributed by atoms with E-state index in [9.17, 15) is 14.9 Å². The lowest BCUT2D eigenvalue weighted by Gasteiger charge is -2.29. The highest BCUT2D eigenvalue weighted by Crippen LogP contribution is 2.37. The summed E-state index contributed by atoms with van der Waals surface area (Å²) in [6.45, 7) is 3.04. The van der Waals surface area contributed by atoms with Crippen molar-refractivity contribution in [3.8, 4) is 0 Å². The molecule has 22 heavy (non-hydrogen) atoms. The molecule has 2 N–H and O–H groups in total. The maximum absolute atomic E-state index is 12.8. The number of likely N-dealkylation sites (tertiary alicyclic amines) is 1. The number of nitro benzene ring substituents is 1. The SMILES string of the molecule is Cc1cccc([N+](=O)[O-])c1C(=O)N1CC2CCCC(N)C2C1. The number of aryl methyl sites for hydroxylation is 1. The Labute approximate surface area is 129 Å². The van der Waals surface area contributed by atoms with Gasteiger partial charge in [0.25, 0.3) is 11.6 Å². The van der Waals surface area contributed by atoms with Crippen molar-refractivity contribution in [2.24, 2.45) is 17.6 Å². The predicted molar refractivity (Wildman–Crippen MR) is 82.5 cm³/mol. The summed E-state index contributed by atoms with van der Waals surface area (Å²) in [4.78, 5) is 25.3. The minimum Gasteiger partial charge on any atom is -0.338 e. The third kappa shape index (κ3) is 2.47. The number of benzene rings is 1. The van der Waals surface area contributed by atoms with Crippen molar-refractivity contribution in [1.82, 2.24) is 4.90 Å². The van der Waals surface area contributed by atoms with Gasteiger partial charge in [-0.25, -0.2) is 0 Å². The van der Waals surface area contributed by atoms with Gasteiger partial charge in [-0.1, -0.05) is 18.6 Å². The Morgan fingerprint density at radius 1 is 1.36 bits per heavy atom. The van der Waals surface area contributed by atoms with Crippen LogP contribution in [0.2, 0.25) is 0 Å². The van der Waals surface area contributed by atoms with E-state index in [0.29, 0.717) is 30.5 Å². The van der Waals surface area contributed by atoms with E-state index in [2.05, 4.69) is 0 Å². The van der Waals surface area contributed by atoms with Gasteiger partial charge in [-0.2, -0.15) is 0 Å². The molecule has 3 atom stereocenters. The van der Waals surface area contributed by atoms with Gasteiger partial charge in [-0.05, 0) is 37.2 Å². The number of nitro groups is 1. The second-order valence-electron chi connectivity index (χ2n) is 6.45. The maximum Gasteiger partial charge on any atom is 0.282 e. The Kier molecular flexibility index (Phi) is 3.87. The minimum absolute atomic E-state index is 0.107. The molecule has 1 aromatic rings. The third-order valence-electron chi connectivity index (χ3n) is 5.10. The van der Waals surface area contributed by atoms with Crippen LogP contribution in [0.15, 0.2) is 18.2 Å². The predicted octanol–water partition coefficient (Wildman–Crippen LogP) is 2.10. The van der Waals surface area contributed by atoms with Crippen LogP contribution in [0, 0.1) is 28.9 Å². The fourth-order valence-corrected chi connectivity index (χ4v) is 3.92. The van der Waals surface area contributed by atoms with Gasteiger partial charge in [0.05, 0.1) is 4.92 Å². The first-order valence-electron chi connectivity index (χ1n) is 7.78. The van der Waals surface area contributed by atoms with E-state index in [4.69, 9.17) is 5.73 Å². The highest BCUT2D eigenvalue weighted by molar-refractivity contribution is 5.99. The van der Waals surface area contributed by atoms with Crippen LogP contribution in [0.5, 0.6) is 0 Å². The van der Waals surface area contributed by atoms with Crippen molar-refractivity contribution in [2.45, 2.75) is 32.2 Å². The molecular formula is C16H21N3O3. The van der Waals surface area contributed by atoms with E-state index in [0.717, 1.165) is 19.3 Å². The van der Waals surface area contributed by atoms with Gasteiger partial charge < -0.3 is 10.6 Å². The molecule has 0 bridgehead atoms. The van der Waals surface area contributed by atoms with E-state index in [1.165, 1.54) is 6.07 Å². The molecule has 118 valence electrons. The van der Waals surface area contributed by atoms with Crippen molar-refractivity contribution in [1.29, 1.82) is 0 Å².